The van der Waals surface area contributed by atoms with Crippen molar-refractivity contribution in [2.24, 2.45) is 4.99 Å². The number of aliphatic carboxylic acids is 2. The number of carboxylic acids is 2. The summed E-state index contributed by atoms with van der Waals surface area (Å²) < 4.78 is 104. The minimum Gasteiger partial charge on any atom is -0.773 e. The van der Waals surface area contributed by atoms with E-state index in [0.717, 1.165) is 87.3 Å². The fraction of sp³-hybridized carbons (Fsp3) is 0.413. The summed E-state index contributed by atoms with van der Waals surface area (Å²) in [6.45, 7) is 32.7. The molecule has 0 spiro atoms. The van der Waals surface area contributed by atoms with Gasteiger partial charge in [-0.1, -0.05) is 157 Å². The van der Waals surface area contributed by atoms with E-state index in [1.807, 2.05) is 78.9 Å². The van der Waals surface area contributed by atoms with Crippen molar-refractivity contribution in [2.75, 3.05) is 78.3 Å². The summed E-state index contributed by atoms with van der Waals surface area (Å²) in [4.78, 5) is 33.7. The molecule has 116 heavy (non-hydrogen) atoms. The molecule has 6 aromatic carbocycles. The molecule has 0 atom stereocenters. The molecule has 24 heteroatoms. The number of rotatable bonds is 30. The Morgan fingerprint density at radius 2 is 0.819 bits per heavy atom. The number of nitrogens with zero attached hydrogens (tertiary/aromatic N) is 7. The Morgan fingerprint density at radius 1 is 0.457 bits per heavy atom. The third kappa shape index (κ3) is 19.9. The second-order valence-electron chi connectivity index (χ2n) is 33.7. The van der Waals surface area contributed by atoms with Crippen LogP contribution in [0.3, 0.4) is 0 Å². The highest BCUT2D eigenvalue weighted by molar-refractivity contribution is 8.19. The molecular formula is C92H113N7O13S4. The van der Waals surface area contributed by atoms with Crippen molar-refractivity contribution < 1.29 is 73.1 Å². The molecule has 0 amide bonds. The third-order valence-corrected chi connectivity index (χ3v) is 26.1. The molecule has 6 aliphatic rings. The molecule has 0 saturated carbocycles. The number of carboxylic acid groups (broad SMARTS) is 2. The van der Waals surface area contributed by atoms with E-state index >= 15 is 0 Å². The van der Waals surface area contributed by atoms with Crippen molar-refractivity contribution in [1.29, 1.82) is 0 Å². The lowest BCUT2D eigenvalue weighted by Gasteiger charge is -2.33. The molecule has 6 aromatic rings. The predicted molar refractivity (Wildman–Crippen MR) is 469 cm³/mol. The van der Waals surface area contributed by atoms with Gasteiger partial charge in [0.25, 0.3) is 0 Å². The number of anilines is 3. The molecule has 20 nitrogen and oxygen atoms in total. The summed E-state index contributed by atoms with van der Waals surface area (Å²) in [5.74, 6) is -2.70. The number of allylic oxidation sites excluding steroid dienone is 12. The van der Waals surface area contributed by atoms with Crippen LogP contribution in [0.4, 0.5) is 34.1 Å². The molecule has 0 saturated heterocycles. The third-order valence-electron chi connectivity index (χ3n) is 23.6. The van der Waals surface area contributed by atoms with Gasteiger partial charge in [0.15, 0.2) is 17.1 Å². The number of unbranched alkanes of at least 4 members (excludes halogenated alkanes) is 3. The van der Waals surface area contributed by atoms with Crippen LogP contribution in [0.2, 0.25) is 0 Å². The highest BCUT2D eigenvalue weighted by Crippen LogP contribution is 2.52. The molecule has 12 rings (SSSR count). The Hall–Kier alpha value is -9.04. The lowest BCUT2D eigenvalue weighted by Crippen LogP contribution is -2.28. The highest BCUT2D eigenvalue weighted by Gasteiger charge is 2.48. The Balaban J connectivity index is 0.000000186. The highest BCUT2D eigenvalue weighted by atomic mass is 32.3. The van der Waals surface area contributed by atoms with Crippen LogP contribution >= 0.6 is 23.1 Å². The SMILES string of the molecule is CC1(C)C(=CC=CC2=[N+](CCCCS(=O)(=O)[O-])c3ccccc3C2(C)C)N(CCCCS([O-])(O)O)c2ccc(CC(=O)O)cc21.CCN1C(=CC=CC2=[N+](CCCCS(=O)(=O)[O-])c3ccccc3C2(C)C)C(C)(C)c2cc(CC(=O)O)ccc21.C[N+]1=C(C=CC=C2N(CCCN=C=S)c3ccccc3C2(C)C)C(C)(C)c2ccccc21. The maximum absolute atomic E-state index is 11.4. The maximum Gasteiger partial charge on any atom is 0.307 e. The fourth-order valence-corrected chi connectivity index (χ4v) is 19.5. The second-order valence-corrected chi connectivity index (χ2v) is 38.6. The number of fused-ring (bicyclic) bond motifs is 6. The number of hydrogen-bond donors (Lipinski definition) is 4. The van der Waals surface area contributed by atoms with E-state index in [0.29, 0.717) is 63.8 Å². The van der Waals surface area contributed by atoms with Gasteiger partial charge in [-0.05, 0) is 157 Å². The number of carbonyl (C=O) groups is 2. The van der Waals surface area contributed by atoms with E-state index in [9.17, 15) is 59.4 Å². The average Bonchev–Trinajstić information content (AvgIpc) is 1.50. The topological polar surface area (TPSA) is 284 Å². The first-order chi connectivity index (χ1) is 54.5. The molecular weight excluding hydrogens is 1540 g/mol. The number of likely N-dealkylation sites (N-methyl/N-ethyl adjacent to an activating group) is 1. The summed E-state index contributed by atoms with van der Waals surface area (Å²) in [7, 11) is -10.1. The first-order valence-corrected chi connectivity index (χ1v) is 45.1. The van der Waals surface area contributed by atoms with E-state index in [-0.39, 0.29) is 57.8 Å². The fourth-order valence-electron chi connectivity index (χ4n) is 17.7. The smallest absolute Gasteiger partial charge is 0.307 e. The monoisotopic (exact) mass is 1650 g/mol. The van der Waals surface area contributed by atoms with E-state index in [1.54, 1.807) is 0 Å². The van der Waals surface area contributed by atoms with Crippen molar-refractivity contribution >= 4 is 112 Å². The number of isothiocyanates is 1. The minimum atomic E-state index is -4.27. The van der Waals surface area contributed by atoms with Crippen LogP contribution in [-0.4, -0.2) is 161 Å². The van der Waals surface area contributed by atoms with Gasteiger partial charge in [0, 0.05) is 153 Å². The van der Waals surface area contributed by atoms with Gasteiger partial charge in [-0.15, -0.1) is 10.9 Å². The quantitative estimate of drug-likeness (QED) is 0.0107. The van der Waals surface area contributed by atoms with Crippen LogP contribution in [0.1, 0.15) is 179 Å². The number of benzene rings is 6. The molecule has 618 valence electrons. The average molecular weight is 1650 g/mol. The first-order valence-electron chi connectivity index (χ1n) is 39.8. The molecule has 4 N–H and O–H groups in total. The van der Waals surface area contributed by atoms with E-state index < -0.39 is 54.2 Å². The summed E-state index contributed by atoms with van der Waals surface area (Å²) in [5.41, 5.74) is 21.0. The first kappa shape index (κ1) is 89.3. The molecule has 0 aromatic heterocycles. The van der Waals surface area contributed by atoms with Crippen LogP contribution < -0.4 is 14.7 Å². The maximum atomic E-state index is 11.4. The zero-order chi connectivity index (χ0) is 84.7. The van der Waals surface area contributed by atoms with E-state index in [4.69, 9.17) is 12.2 Å². The van der Waals surface area contributed by atoms with E-state index in [2.05, 4.69) is 245 Å². The van der Waals surface area contributed by atoms with Crippen LogP contribution in [0.25, 0.3) is 0 Å². The van der Waals surface area contributed by atoms with Gasteiger partial charge in [-0.25, -0.2) is 21.8 Å². The number of hydrogen-bond acceptors (Lipinski definition) is 16. The standard InChI is InChI=1S/C33H44N2O8S2.C31H38N2O5S.C28H32N3S/c1-32(2)25-12-5-6-13-27(25)34(18-7-9-20-44(38,39)40)29(32)14-11-15-30-33(3,4)26-22-24(23-31(36)37)16-17-28(26)35(30)19-8-10-21-45(41,42)43;1-6-32-26-17-16-22(21-29(34)35)20-24(26)31(4,5)27(32)14-11-15-28-30(2,3)23-12-7-8-13-25(23)33(28)18-9-10-19-39(36,37)38;1-27(2)21-12-6-8-14-23(21)30(5)25(27)16-10-17-26-28(3,4)22-13-7-9-15-24(22)31(26)19-11-18-29-20-32/h5-6,11-17,22H,7-10,18-21,23H2,1-4H3,(H4-,36,37,38,39,40,41,42,43);7-8,11-17,20H,6,9-10,18-19,21H2,1-5H3,(H-,34,35,36,37,38);6-10,12-17H,11,18-19H2,1-5H3/q;;+1/p-1. The molecule has 6 heterocycles. The van der Waals surface area contributed by atoms with E-state index in [1.165, 1.54) is 39.5 Å². The largest absolute Gasteiger partial charge is 0.773 e. The molecule has 0 bridgehead atoms. The Bertz CT molecular complexity index is 5330. The van der Waals surface area contributed by atoms with Crippen LogP contribution in [0, 0.1) is 0 Å². The zero-order valence-corrected chi connectivity index (χ0v) is 72.6. The molecule has 6 aliphatic heterocycles. The van der Waals surface area contributed by atoms with Crippen LogP contribution in [0.5, 0.6) is 0 Å². The number of para-hydroxylation sites is 4. The molecule has 0 aliphatic carbocycles. The van der Waals surface area contributed by atoms with Gasteiger partial charge in [0.1, 0.15) is 20.1 Å². The van der Waals surface area contributed by atoms with Crippen LogP contribution in [0.15, 0.2) is 210 Å². The van der Waals surface area contributed by atoms with Crippen molar-refractivity contribution in [1.82, 2.24) is 0 Å². The van der Waals surface area contributed by atoms with Gasteiger partial charge in [0.05, 0.1) is 61.0 Å². The summed E-state index contributed by atoms with van der Waals surface area (Å²) in [6, 6.07) is 45.4. The lowest BCUT2D eigenvalue weighted by molar-refractivity contribution is -0.438. The zero-order valence-electron chi connectivity index (χ0n) is 69.4. The Morgan fingerprint density at radius 3 is 1.24 bits per heavy atom. The Kier molecular flexibility index (Phi) is 27.8. The van der Waals surface area contributed by atoms with Gasteiger partial charge in [-0.2, -0.15) is 13.7 Å². The van der Waals surface area contributed by atoms with Gasteiger partial charge in [-0.3, -0.25) is 9.59 Å². The van der Waals surface area contributed by atoms with Crippen molar-refractivity contribution in [3.8, 4) is 0 Å². The number of thiocarbonyl (C=S) groups is 1. The second kappa shape index (κ2) is 36.0. The van der Waals surface area contributed by atoms with Crippen LogP contribution in [-0.2, 0) is 75.2 Å². The normalized spacial score (nSPS) is 18.9. The summed E-state index contributed by atoms with van der Waals surface area (Å²) in [6.07, 6.45) is 22.8. The van der Waals surface area contributed by atoms with Gasteiger partial charge < -0.3 is 47.7 Å². The minimum absolute atomic E-state index is 0.00101. The number of aliphatic imine (C=N–C) groups is 1. The van der Waals surface area contributed by atoms with Gasteiger partial charge in [0.2, 0.25) is 17.1 Å². The van der Waals surface area contributed by atoms with Crippen molar-refractivity contribution in [2.45, 2.75) is 180 Å². The van der Waals surface area contributed by atoms with Gasteiger partial charge >= 0.3 is 11.9 Å². The van der Waals surface area contributed by atoms with Crippen molar-refractivity contribution in [3.05, 3.63) is 250 Å². The molecule has 0 unspecified atom stereocenters. The molecule has 0 fully saturated rings. The summed E-state index contributed by atoms with van der Waals surface area (Å²) >= 11 is 4.73. The summed E-state index contributed by atoms with van der Waals surface area (Å²) in [5, 5.41) is 21.1. The lowest BCUT2D eigenvalue weighted by atomic mass is 9.81. The van der Waals surface area contributed by atoms with Crippen molar-refractivity contribution in [3.63, 3.8) is 0 Å². The predicted octanol–water partition coefficient (Wildman–Crippen LogP) is 17.6. The Labute approximate surface area is 693 Å². The molecule has 0 radical (unpaired) electrons.